The van der Waals surface area contributed by atoms with Crippen molar-refractivity contribution >= 4 is 6.21 Å². The van der Waals surface area contributed by atoms with Gasteiger partial charge in [-0.1, -0.05) is 24.3 Å². The standard InChI is InChI=1S/C6H10.C3H7N/c1-5(2)6(3)4;1-3-4-2/h1,3H2,2,4H3;3H,1-2H3. The molecule has 58 valence electrons. The topological polar surface area (TPSA) is 12.4 Å². The average Bonchev–Trinajstić information content (AvgIpc) is 1.89. The van der Waals surface area contributed by atoms with Gasteiger partial charge in [-0.2, -0.15) is 0 Å². The van der Waals surface area contributed by atoms with E-state index in [4.69, 9.17) is 0 Å². The molecular weight excluding hydrogens is 122 g/mol. The summed E-state index contributed by atoms with van der Waals surface area (Å²) < 4.78 is 0. The van der Waals surface area contributed by atoms with Crippen LogP contribution in [0.25, 0.3) is 0 Å². The van der Waals surface area contributed by atoms with Crippen LogP contribution in [0.3, 0.4) is 0 Å². The summed E-state index contributed by atoms with van der Waals surface area (Å²) in [5.41, 5.74) is 2.13. The number of hydrogen-bond donors (Lipinski definition) is 0. The van der Waals surface area contributed by atoms with Gasteiger partial charge in [-0.3, -0.25) is 0 Å². The second-order valence-corrected chi connectivity index (χ2v) is 2.08. The highest BCUT2D eigenvalue weighted by Gasteiger charge is 1.77. The fourth-order valence-electron chi connectivity index (χ4n) is 0. The number of hydrogen-bond acceptors (Lipinski definition) is 1. The van der Waals surface area contributed by atoms with Crippen molar-refractivity contribution in [3.8, 4) is 0 Å². The minimum atomic E-state index is 1.06. The highest BCUT2D eigenvalue weighted by Crippen LogP contribution is 1.98. The fraction of sp³-hybridized carbons (Fsp3) is 0.444. The van der Waals surface area contributed by atoms with Crippen LogP contribution in [-0.2, 0) is 0 Å². The Morgan fingerprint density at radius 2 is 1.40 bits per heavy atom. The molecule has 0 aliphatic heterocycles. The van der Waals surface area contributed by atoms with Crippen molar-refractivity contribution in [3.63, 3.8) is 0 Å². The molecule has 0 aromatic rings. The van der Waals surface area contributed by atoms with Crippen LogP contribution in [0, 0.1) is 0 Å². The third kappa shape index (κ3) is 15.7. The molecule has 0 saturated heterocycles. The summed E-state index contributed by atoms with van der Waals surface area (Å²) in [6, 6.07) is 0. The van der Waals surface area contributed by atoms with Gasteiger partial charge in [0.2, 0.25) is 0 Å². The van der Waals surface area contributed by atoms with Gasteiger partial charge >= 0.3 is 0 Å². The Hall–Kier alpha value is -0.850. The molecule has 0 bridgehead atoms. The van der Waals surface area contributed by atoms with Crippen LogP contribution in [0.15, 0.2) is 29.3 Å². The van der Waals surface area contributed by atoms with Gasteiger partial charge in [0.1, 0.15) is 0 Å². The number of rotatable bonds is 1. The van der Waals surface area contributed by atoms with Crippen LogP contribution >= 0.6 is 0 Å². The van der Waals surface area contributed by atoms with Gasteiger partial charge in [-0.15, -0.1) is 0 Å². The molecule has 0 saturated carbocycles. The molecule has 0 N–H and O–H groups in total. The molecule has 0 aliphatic carbocycles. The SMILES string of the molecule is C=C(C)C(=C)C.CC=NC. The zero-order valence-corrected chi connectivity index (χ0v) is 7.44. The van der Waals surface area contributed by atoms with Crippen molar-refractivity contribution in [1.29, 1.82) is 0 Å². The molecule has 1 heteroatoms. The normalized spacial score (nSPS) is 8.40. The maximum absolute atomic E-state index is 3.66. The van der Waals surface area contributed by atoms with Crippen LogP contribution in [-0.4, -0.2) is 13.3 Å². The van der Waals surface area contributed by atoms with E-state index in [1.54, 1.807) is 13.3 Å². The van der Waals surface area contributed by atoms with Gasteiger partial charge < -0.3 is 4.99 Å². The van der Waals surface area contributed by atoms with Crippen LogP contribution in [0.4, 0.5) is 0 Å². The maximum Gasteiger partial charge on any atom is 0.0273 e. The van der Waals surface area contributed by atoms with Gasteiger partial charge in [0.05, 0.1) is 0 Å². The maximum atomic E-state index is 3.66. The monoisotopic (exact) mass is 139 g/mol. The van der Waals surface area contributed by atoms with E-state index in [1.165, 1.54) is 0 Å². The number of aliphatic imine (C=N–C) groups is 1. The third-order valence-electron chi connectivity index (χ3n) is 0.987. The second-order valence-electron chi connectivity index (χ2n) is 2.08. The molecule has 0 aromatic carbocycles. The largest absolute Gasteiger partial charge is 0.301 e. The minimum absolute atomic E-state index is 1.06. The van der Waals surface area contributed by atoms with Crippen molar-refractivity contribution in [2.75, 3.05) is 7.05 Å². The lowest BCUT2D eigenvalue weighted by Gasteiger charge is -1.88. The molecule has 1 nitrogen and oxygen atoms in total. The zero-order chi connectivity index (χ0) is 8.57. The predicted molar refractivity (Wildman–Crippen MR) is 49.7 cm³/mol. The fourth-order valence-corrected chi connectivity index (χ4v) is 0. The molecule has 0 radical (unpaired) electrons. The second kappa shape index (κ2) is 8.15. The van der Waals surface area contributed by atoms with Crippen LogP contribution in [0.2, 0.25) is 0 Å². The van der Waals surface area contributed by atoms with Crippen molar-refractivity contribution < 1.29 is 0 Å². The molecule has 0 rings (SSSR count). The van der Waals surface area contributed by atoms with Crippen molar-refractivity contribution in [2.45, 2.75) is 20.8 Å². The summed E-state index contributed by atoms with van der Waals surface area (Å²) in [4.78, 5) is 3.61. The van der Waals surface area contributed by atoms with E-state index >= 15 is 0 Å². The number of allylic oxidation sites excluding steroid dienone is 2. The highest BCUT2D eigenvalue weighted by atomic mass is 14.6. The van der Waals surface area contributed by atoms with Crippen LogP contribution in [0.5, 0.6) is 0 Å². The first kappa shape index (κ1) is 11.9. The van der Waals surface area contributed by atoms with E-state index in [9.17, 15) is 0 Å². The molecule has 0 spiro atoms. The van der Waals surface area contributed by atoms with Crippen molar-refractivity contribution in [3.05, 3.63) is 24.3 Å². The summed E-state index contributed by atoms with van der Waals surface area (Å²) in [5.74, 6) is 0. The Morgan fingerprint density at radius 1 is 1.20 bits per heavy atom. The van der Waals surface area contributed by atoms with E-state index in [0.717, 1.165) is 11.1 Å². The first-order valence-electron chi connectivity index (χ1n) is 3.24. The van der Waals surface area contributed by atoms with Gasteiger partial charge in [0.25, 0.3) is 0 Å². The highest BCUT2D eigenvalue weighted by molar-refractivity contribution is 5.52. The van der Waals surface area contributed by atoms with Crippen LogP contribution in [0.1, 0.15) is 20.8 Å². The summed E-state index contributed by atoms with van der Waals surface area (Å²) in [6.07, 6.45) is 1.75. The molecule has 0 heterocycles. The smallest absolute Gasteiger partial charge is 0.0273 e. The summed E-state index contributed by atoms with van der Waals surface area (Å²) >= 11 is 0. The molecule has 0 unspecified atom stereocenters. The van der Waals surface area contributed by atoms with E-state index in [2.05, 4.69) is 18.2 Å². The molecule has 10 heavy (non-hydrogen) atoms. The molecule has 0 atom stereocenters. The van der Waals surface area contributed by atoms with Crippen molar-refractivity contribution in [2.24, 2.45) is 4.99 Å². The third-order valence-corrected chi connectivity index (χ3v) is 0.987. The lowest BCUT2D eigenvalue weighted by Crippen LogP contribution is -1.67. The van der Waals surface area contributed by atoms with E-state index < -0.39 is 0 Å². The zero-order valence-electron chi connectivity index (χ0n) is 7.44. The Labute approximate surface area is 64.2 Å². The predicted octanol–water partition coefficient (Wildman–Crippen LogP) is 2.85. The van der Waals surface area contributed by atoms with E-state index in [1.807, 2.05) is 20.8 Å². The summed E-state index contributed by atoms with van der Waals surface area (Å²) in [7, 11) is 1.75. The molecule has 0 fully saturated rings. The van der Waals surface area contributed by atoms with Gasteiger partial charge in [-0.25, -0.2) is 0 Å². The van der Waals surface area contributed by atoms with Gasteiger partial charge in [-0.05, 0) is 27.0 Å². The van der Waals surface area contributed by atoms with Gasteiger partial charge in [0.15, 0.2) is 0 Å². The first-order chi connectivity index (χ1) is 4.56. The van der Waals surface area contributed by atoms with Crippen molar-refractivity contribution in [1.82, 2.24) is 0 Å². The van der Waals surface area contributed by atoms with E-state index in [0.29, 0.717) is 0 Å². The van der Waals surface area contributed by atoms with Gasteiger partial charge in [0, 0.05) is 7.05 Å². The lowest BCUT2D eigenvalue weighted by atomic mass is 10.2. The molecule has 0 aromatic heterocycles. The average molecular weight is 139 g/mol. The Kier molecular flexibility index (Phi) is 9.69. The van der Waals surface area contributed by atoms with E-state index in [-0.39, 0.29) is 0 Å². The molecule has 0 amide bonds. The summed E-state index contributed by atoms with van der Waals surface area (Å²) in [6.45, 7) is 13.1. The Morgan fingerprint density at radius 3 is 1.40 bits per heavy atom. The number of nitrogens with zero attached hydrogens (tertiary/aromatic N) is 1. The lowest BCUT2D eigenvalue weighted by molar-refractivity contribution is 1.39. The quantitative estimate of drug-likeness (QED) is 0.391. The molecular formula is C9H17N. The molecule has 0 aliphatic rings. The first-order valence-corrected chi connectivity index (χ1v) is 3.24. The Balaban J connectivity index is 0. The minimum Gasteiger partial charge on any atom is -0.301 e. The van der Waals surface area contributed by atoms with Crippen LogP contribution < -0.4 is 0 Å². The Bertz CT molecular complexity index is 116. The summed E-state index contributed by atoms with van der Waals surface area (Å²) in [5, 5.41) is 0.